The Morgan fingerprint density at radius 2 is 2.12 bits per heavy atom. The molecule has 0 saturated heterocycles. The Bertz CT molecular complexity index is 382. The maximum absolute atomic E-state index is 12.9. The van der Waals surface area contributed by atoms with Gasteiger partial charge in [0.25, 0.3) is 0 Å². The summed E-state index contributed by atoms with van der Waals surface area (Å²) in [5.74, 6) is -0.680. The first-order valence-electron chi connectivity index (χ1n) is 4.29. The third kappa shape index (κ3) is 3.37. The minimum absolute atomic E-state index is 0.0812. The Hall–Kier alpha value is -1.30. The van der Waals surface area contributed by atoms with Crippen LogP contribution in [0.4, 0.5) is 8.78 Å². The summed E-state index contributed by atoms with van der Waals surface area (Å²) in [5, 5.41) is 0. The second-order valence-electron chi connectivity index (χ2n) is 2.79. The highest BCUT2D eigenvalue weighted by Crippen LogP contribution is 2.30. The van der Waals surface area contributed by atoms with E-state index in [0.717, 1.165) is 0 Å². The highest BCUT2D eigenvalue weighted by molar-refractivity contribution is 7.99. The Kier molecular flexibility index (Phi) is 4.12. The highest BCUT2D eigenvalue weighted by atomic mass is 32.2. The fourth-order valence-corrected chi connectivity index (χ4v) is 1.16. The smallest absolute Gasteiger partial charge is 0.452 e. The number of alkyl halides is 2. The second-order valence-corrected chi connectivity index (χ2v) is 3.67. The molecule has 0 aliphatic carbocycles. The van der Waals surface area contributed by atoms with Crippen molar-refractivity contribution in [1.82, 2.24) is 0 Å². The molecular weight excluding hydrogens is 238 g/mol. The molecule has 0 N–H and O–H groups in total. The van der Waals surface area contributed by atoms with E-state index in [2.05, 4.69) is 9.47 Å². The number of carbonyl (C=O) groups excluding carboxylic acids is 1. The van der Waals surface area contributed by atoms with Gasteiger partial charge in [-0.3, -0.25) is 0 Å². The standard InChI is InChI=1S/C10H10F2O3S/c1-14-9(13)7-4-3-5-8(6-7)15-10(11,12)16-2/h3-6H,1-2H3. The molecular formula is C10H10F2O3S. The number of rotatable bonds is 4. The molecule has 0 saturated carbocycles. The number of hydrogen-bond acceptors (Lipinski definition) is 4. The number of methoxy groups -OCH3 is 1. The average Bonchev–Trinajstić information content (AvgIpc) is 2.28. The average molecular weight is 248 g/mol. The minimum Gasteiger partial charge on any atom is -0.465 e. The maximum Gasteiger partial charge on any atom is 0.452 e. The summed E-state index contributed by atoms with van der Waals surface area (Å²) in [6, 6.07) is 5.44. The Morgan fingerprint density at radius 1 is 1.44 bits per heavy atom. The van der Waals surface area contributed by atoms with Gasteiger partial charge in [0.2, 0.25) is 0 Å². The lowest BCUT2D eigenvalue weighted by atomic mass is 10.2. The first-order valence-corrected chi connectivity index (χ1v) is 5.51. The minimum atomic E-state index is -3.31. The molecule has 0 heterocycles. The van der Waals surface area contributed by atoms with Crippen molar-refractivity contribution in [1.29, 1.82) is 0 Å². The van der Waals surface area contributed by atoms with E-state index in [0.29, 0.717) is 0 Å². The molecule has 3 nitrogen and oxygen atoms in total. The molecule has 0 aliphatic heterocycles. The van der Waals surface area contributed by atoms with E-state index in [1.54, 1.807) is 0 Å². The van der Waals surface area contributed by atoms with Gasteiger partial charge in [-0.2, -0.15) is 8.78 Å². The van der Waals surface area contributed by atoms with Crippen LogP contribution in [0.25, 0.3) is 0 Å². The van der Waals surface area contributed by atoms with Gasteiger partial charge in [-0.15, -0.1) is 0 Å². The van der Waals surface area contributed by atoms with Gasteiger partial charge in [-0.1, -0.05) is 6.07 Å². The van der Waals surface area contributed by atoms with Gasteiger partial charge in [0, 0.05) is 0 Å². The van der Waals surface area contributed by atoms with Crippen molar-refractivity contribution in [3.63, 3.8) is 0 Å². The zero-order chi connectivity index (χ0) is 12.2. The van der Waals surface area contributed by atoms with Gasteiger partial charge in [0.15, 0.2) is 0 Å². The van der Waals surface area contributed by atoms with Crippen molar-refractivity contribution < 1.29 is 23.0 Å². The van der Waals surface area contributed by atoms with E-state index in [4.69, 9.17) is 0 Å². The van der Waals surface area contributed by atoms with Gasteiger partial charge in [-0.05, 0) is 36.2 Å². The summed E-state index contributed by atoms with van der Waals surface area (Å²) in [4.78, 5) is 11.1. The molecule has 1 aromatic rings. The molecule has 0 aromatic heterocycles. The number of hydrogen-bond donors (Lipinski definition) is 0. The van der Waals surface area contributed by atoms with Crippen LogP contribution in [0.1, 0.15) is 10.4 Å². The van der Waals surface area contributed by atoms with E-state index in [1.807, 2.05) is 0 Å². The molecule has 0 radical (unpaired) electrons. The van der Waals surface area contributed by atoms with Crippen LogP contribution < -0.4 is 4.74 Å². The lowest BCUT2D eigenvalue weighted by Crippen LogP contribution is -2.19. The van der Waals surface area contributed by atoms with Gasteiger partial charge in [-0.25, -0.2) is 4.79 Å². The van der Waals surface area contributed by atoms with Crippen molar-refractivity contribution in [2.24, 2.45) is 0 Å². The molecule has 0 aliphatic rings. The molecule has 0 bridgehead atoms. The number of ether oxygens (including phenoxy) is 2. The maximum atomic E-state index is 12.9. The summed E-state index contributed by atoms with van der Waals surface area (Å²) < 4.78 is 34.6. The van der Waals surface area contributed by atoms with Crippen molar-refractivity contribution in [2.75, 3.05) is 13.4 Å². The predicted molar refractivity (Wildman–Crippen MR) is 56.9 cm³/mol. The summed E-state index contributed by atoms with van der Waals surface area (Å²) >= 11 is 0.270. The molecule has 1 rings (SSSR count). The number of esters is 1. The van der Waals surface area contributed by atoms with Gasteiger partial charge < -0.3 is 9.47 Å². The van der Waals surface area contributed by atoms with Crippen LogP contribution in [0.2, 0.25) is 0 Å². The molecule has 1 aromatic carbocycles. The lowest BCUT2D eigenvalue weighted by molar-refractivity contribution is -0.0875. The van der Waals surface area contributed by atoms with Crippen LogP contribution in [0, 0.1) is 0 Å². The van der Waals surface area contributed by atoms with Gasteiger partial charge >= 0.3 is 11.4 Å². The van der Waals surface area contributed by atoms with Crippen molar-refractivity contribution in [3.8, 4) is 5.75 Å². The monoisotopic (exact) mass is 248 g/mol. The topological polar surface area (TPSA) is 35.5 Å². The summed E-state index contributed by atoms with van der Waals surface area (Å²) in [6.07, 6.45) is 1.23. The van der Waals surface area contributed by atoms with Crippen molar-refractivity contribution in [3.05, 3.63) is 29.8 Å². The fraction of sp³-hybridized carbons (Fsp3) is 0.300. The molecule has 0 unspecified atom stereocenters. The van der Waals surface area contributed by atoms with Crippen LogP contribution in [0.5, 0.6) is 5.75 Å². The van der Waals surface area contributed by atoms with Crippen LogP contribution in [0.3, 0.4) is 0 Å². The first kappa shape index (κ1) is 12.8. The quantitative estimate of drug-likeness (QED) is 0.606. The molecule has 6 heteroatoms. The number of benzene rings is 1. The Morgan fingerprint density at radius 3 is 2.69 bits per heavy atom. The molecule has 0 amide bonds. The number of carbonyl (C=O) groups is 1. The second kappa shape index (κ2) is 5.16. The van der Waals surface area contributed by atoms with E-state index in [9.17, 15) is 13.6 Å². The van der Waals surface area contributed by atoms with E-state index < -0.39 is 11.4 Å². The van der Waals surface area contributed by atoms with Crippen LogP contribution in [-0.4, -0.2) is 24.8 Å². The first-order chi connectivity index (χ1) is 7.48. The zero-order valence-electron chi connectivity index (χ0n) is 8.70. The third-order valence-electron chi connectivity index (χ3n) is 1.73. The SMILES string of the molecule is COC(=O)c1cccc(OC(F)(F)SC)c1. The zero-order valence-corrected chi connectivity index (χ0v) is 9.51. The van der Waals surface area contributed by atoms with E-state index in [-0.39, 0.29) is 23.1 Å². The summed E-state index contributed by atoms with van der Waals surface area (Å²) in [7, 11) is 1.21. The molecule has 16 heavy (non-hydrogen) atoms. The van der Waals surface area contributed by atoms with Crippen molar-refractivity contribution in [2.45, 2.75) is 5.44 Å². The molecule has 0 spiro atoms. The fourth-order valence-electron chi connectivity index (χ4n) is 0.983. The number of thioether (sulfide) groups is 1. The molecule has 0 fully saturated rings. The molecule has 0 atom stereocenters. The van der Waals surface area contributed by atoms with Crippen LogP contribution in [0.15, 0.2) is 24.3 Å². The van der Waals surface area contributed by atoms with Crippen molar-refractivity contribution >= 4 is 17.7 Å². The number of halogens is 2. The predicted octanol–water partition coefficient (Wildman–Crippen LogP) is 2.77. The van der Waals surface area contributed by atoms with Gasteiger partial charge in [0.1, 0.15) is 5.75 Å². The van der Waals surface area contributed by atoms with E-state index >= 15 is 0 Å². The lowest BCUT2D eigenvalue weighted by Gasteiger charge is -2.15. The van der Waals surface area contributed by atoms with Crippen LogP contribution in [-0.2, 0) is 4.74 Å². The molecule has 88 valence electrons. The highest BCUT2D eigenvalue weighted by Gasteiger charge is 2.30. The summed E-state index contributed by atoms with van der Waals surface area (Å²) in [6.45, 7) is 0. The van der Waals surface area contributed by atoms with Gasteiger partial charge in [0.05, 0.1) is 12.7 Å². The van der Waals surface area contributed by atoms with Crippen LogP contribution >= 0.6 is 11.8 Å². The largest absolute Gasteiger partial charge is 0.465 e. The third-order valence-corrected chi connectivity index (χ3v) is 2.29. The summed E-state index contributed by atoms with van der Waals surface area (Å²) in [5.41, 5.74) is -3.15. The normalized spacial score (nSPS) is 11.0. The Labute approximate surface area is 95.7 Å². The Balaban J connectivity index is 2.87. The van der Waals surface area contributed by atoms with E-state index in [1.165, 1.54) is 37.6 Å².